The van der Waals surface area contributed by atoms with Crippen molar-refractivity contribution in [3.63, 3.8) is 0 Å². The molecule has 13 heteroatoms. The summed E-state index contributed by atoms with van der Waals surface area (Å²) in [7, 11) is -3.46. The summed E-state index contributed by atoms with van der Waals surface area (Å²) in [5.41, 5.74) is 0.634. The summed E-state index contributed by atoms with van der Waals surface area (Å²) < 4.78 is 24.7. The Morgan fingerprint density at radius 1 is 1.18 bits per heavy atom. The maximum absolute atomic E-state index is 12.5. The second-order valence-corrected chi connectivity index (χ2v) is 9.39. The van der Waals surface area contributed by atoms with Crippen molar-refractivity contribution in [1.29, 1.82) is 0 Å². The molecule has 0 atom stereocenters. The predicted octanol–water partition coefficient (Wildman–Crippen LogP) is 3.13. The molecule has 172 valence electrons. The molecular weight excluding hydrogens is 474 g/mol. The van der Waals surface area contributed by atoms with Gasteiger partial charge in [-0.25, -0.2) is 8.42 Å². The van der Waals surface area contributed by atoms with Gasteiger partial charge in [-0.2, -0.15) is 5.10 Å². The average molecular weight is 492 g/mol. The van der Waals surface area contributed by atoms with Gasteiger partial charge in [0.1, 0.15) is 12.4 Å². The zero-order valence-electron chi connectivity index (χ0n) is 17.2. The fourth-order valence-corrected chi connectivity index (χ4v) is 3.66. The molecule has 0 saturated carbocycles. The second kappa shape index (κ2) is 9.79. The van der Waals surface area contributed by atoms with Gasteiger partial charge in [-0.15, -0.1) is 0 Å². The lowest BCUT2D eigenvalue weighted by Gasteiger charge is -2.11. The molecule has 0 aliphatic heterocycles. The third-order valence-electron chi connectivity index (χ3n) is 4.42. The van der Waals surface area contributed by atoms with Crippen LogP contribution in [0.5, 0.6) is 0 Å². The van der Waals surface area contributed by atoms with Crippen LogP contribution in [-0.4, -0.2) is 41.2 Å². The summed E-state index contributed by atoms with van der Waals surface area (Å²) in [4.78, 5) is 34.7. The van der Waals surface area contributed by atoms with E-state index in [0.29, 0.717) is 5.69 Å². The number of nitrogens with zero attached hydrogens (tertiary/aromatic N) is 3. The minimum atomic E-state index is -3.46. The number of aromatic nitrogens is 2. The zero-order chi connectivity index (χ0) is 24.2. The van der Waals surface area contributed by atoms with Crippen LogP contribution in [0.15, 0.2) is 59.8 Å². The molecular formula is C20H18ClN5O6S. The first-order valence-corrected chi connectivity index (χ1v) is 11.7. The zero-order valence-corrected chi connectivity index (χ0v) is 18.8. The highest BCUT2D eigenvalue weighted by Crippen LogP contribution is 2.26. The normalized spacial score (nSPS) is 11.1. The SMILES string of the molecule is CS(=O)(=O)c1cccc(C(=O)Nc2ccc(NC(=O)CCn3cc([N+](=O)[O-])cn3)cc2Cl)c1. The summed E-state index contributed by atoms with van der Waals surface area (Å²) in [6.45, 7) is 0.147. The summed E-state index contributed by atoms with van der Waals surface area (Å²) in [5.74, 6) is -0.911. The molecule has 1 heterocycles. The highest BCUT2D eigenvalue weighted by molar-refractivity contribution is 7.90. The van der Waals surface area contributed by atoms with Crippen LogP contribution in [-0.2, 0) is 21.2 Å². The topological polar surface area (TPSA) is 153 Å². The first-order valence-electron chi connectivity index (χ1n) is 9.40. The van der Waals surface area contributed by atoms with Crippen molar-refractivity contribution >= 4 is 50.3 Å². The third kappa shape index (κ3) is 6.37. The Kier molecular flexibility index (Phi) is 7.09. The van der Waals surface area contributed by atoms with Crippen LogP contribution >= 0.6 is 11.6 Å². The largest absolute Gasteiger partial charge is 0.326 e. The van der Waals surface area contributed by atoms with Crippen LogP contribution in [0.4, 0.5) is 17.1 Å². The quantitative estimate of drug-likeness (QED) is 0.362. The highest BCUT2D eigenvalue weighted by atomic mass is 35.5. The van der Waals surface area contributed by atoms with Gasteiger partial charge < -0.3 is 10.6 Å². The lowest BCUT2D eigenvalue weighted by molar-refractivity contribution is -0.385. The fraction of sp³-hybridized carbons (Fsp3) is 0.150. The summed E-state index contributed by atoms with van der Waals surface area (Å²) in [5, 5.41) is 19.9. The van der Waals surface area contributed by atoms with Crippen molar-refractivity contribution in [2.24, 2.45) is 0 Å². The number of carbonyl (C=O) groups excluding carboxylic acids is 2. The molecule has 2 amide bonds. The van der Waals surface area contributed by atoms with Crippen molar-refractivity contribution in [2.75, 3.05) is 16.9 Å². The van der Waals surface area contributed by atoms with Crippen LogP contribution in [0.25, 0.3) is 0 Å². The molecule has 1 aromatic heterocycles. The molecule has 2 N–H and O–H groups in total. The monoisotopic (exact) mass is 491 g/mol. The highest BCUT2D eigenvalue weighted by Gasteiger charge is 2.14. The number of anilines is 2. The predicted molar refractivity (Wildman–Crippen MR) is 121 cm³/mol. The van der Waals surface area contributed by atoms with Gasteiger partial charge in [0.2, 0.25) is 5.91 Å². The standard InChI is InChI=1S/C20H18ClN5O6S/c1-33(31,32)16-4-2-3-13(9-16)20(28)24-18-6-5-14(10-17(18)21)23-19(27)7-8-25-12-15(11-22-25)26(29)30/h2-6,9-12H,7-8H2,1H3,(H,23,27)(H,24,28). The maximum Gasteiger partial charge on any atom is 0.306 e. The number of benzene rings is 2. The lowest BCUT2D eigenvalue weighted by atomic mass is 10.2. The van der Waals surface area contributed by atoms with Crippen molar-refractivity contribution in [3.05, 3.63) is 75.6 Å². The maximum atomic E-state index is 12.5. The van der Waals surface area contributed by atoms with E-state index in [4.69, 9.17) is 11.6 Å². The van der Waals surface area contributed by atoms with Gasteiger partial charge in [-0.1, -0.05) is 17.7 Å². The number of hydrogen-bond donors (Lipinski definition) is 2. The number of carbonyl (C=O) groups is 2. The number of amides is 2. The Bertz CT molecular complexity index is 1340. The number of aryl methyl sites for hydroxylation is 1. The van der Waals surface area contributed by atoms with Crippen LogP contribution in [0.2, 0.25) is 5.02 Å². The number of hydrogen-bond acceptors (Lipinski definition) is 7. The van der Waals surface area contributed by atoms with E-state index in [1.165, 1.54) is 53.3 Å². The smallest absolute Gasteiger partial charge is 0.306 e. The van der Waals surface area contributed by atoms with Crippen LogP contribution < -0.4 is 10.6 Å². The lowest BCUT2D eigenvalue weighted by Crippen LogP contribution is -2.15. The van der Waals surface area contributed by atoms with E-state index in [2.05, 4.69) is 15.7 Å². The van der Waals surface area contributed by atoms with Crippen molar-refractivity contribution in [3.8, 4) is 0 Å². The Morgan fingerprint density at radius 3 is 2.58 bits per heavy atom. The molecule has 0 bridgehead atoms. The number of nitro groups is 1. The van der Waals surface area contributed by atoms with Crippen LogP contribution in [0.3, 0.4) is 0 Å². The van der Waals surface area contributed by atoms with Crippen LogP contribution in [0.1, 0.15) is 16.8 Å². The Hall–Kier alpha value is -3.77. The average Bonchev–Trinajstić information content (AvgIpc) is 3.23. The van der Waals surface area contributed by atoms with Gasteiger partial charge >= 0.3 is 5.69 Å². The van der Waals surface area contributed by atoms with Gasteiger partial charge in [0.05, 0.1) is 20.5 Å². The molecule has 0 aliphatic carbocycles. The van der Waals surface area contributed by atoms with E-state index in [9.17, 15) is 28.1 Å². The summed E-state index contributed by atoms with van der Waals surface area (Å²) in [6, 6.07) is 10.1. The summed E-state index contributed by atoms with van der Waals surface area (Å²) >= 11 is 6.21. The van der Waals surface area contributed by atoms with Crippen LogP contribution in [0, 0.1) is 10.1 Å². The Morgan fingerprint density at radius 2 is 1.94 bits per heavy atom. The van der Waals surface area contributed by atoms with Gasteiger partial charge in [0, 0.05) is 30.5 Å². The number of sulfone groups is 1. The molecule has 0 unspecified atom stereocenters. The molecule has 0 spiro atoms. The first kappa shape index (κ1) is 23.9. The number of halogens is 1. The van der Waals surface area contributed by atoms with Gasteiger partial charge in [0.25, 0.3) is 5.91 Å². The van der Waals surface area contributed by atoms with E-state index in [-0.39, 0.29) is 45.7 Å². The molecule has 3 aromatic rings. The summed E-state index contributed by atoms with van der Waals surface area (Å²) in [6.07, 6.45) is 3.40. The van der Waals surface area contributed by atoms with E-state index in [1.54, 1.807) is 0 Å². The minimum absolute atomic E-state index is 0.0176. The Labute approximate surface area is 193 Å². The van der Waals surface area contributed by atoms with E-state index < -0.39 is 20.7 Å². The molecule has 0 aliphatic rings. The van der Waals surface area contributed by atoms with Gasteiger partial charge in [-0.3, -0.25) is 24.4 Å². The molecule has 3 rings (SSSR count). The van der Waals surface area contributed by atoms with E-state index in [1.807, 2.05) is 0 Å². The van der Waals surface area contributed by atoms with Crippen molar-refractivity contribution in [2.45, 2.75) is 17.9 Å². The molecule has 0 saturated heterocycles. The molecule has 0 radical (unpaired) electrons. The van der Waals surface area contributed by atoms with Gasteiger partial charge in [0.15, 0.2) is 9.84 Å². The second-order valence-electron chi connectivity index (χ2n) is 6.97. The van der Waals surface area contributed by atoms with Gasteiger partial charge in [-0.05, 0) is 36.4 Å². The van der Waals surface area contributed by atoms with E-state index >= 15 is 0 Å². The Balaban J connectivity index is 1.60. The number of rotatable bonds is 8. The minimum Gasteiger partial charge on any atom is -0.326 e. The first-order chi connectivity index (χ1) is 15.5. The molecule has 0 fully saturated rings. The molecule has 11 nitrogen and oxygen atoms in total. The number of nitrogens with one attached hydrogen (secondary N) is 2. The van der Waals surface area contributed by atoms with E-state index in [0.717, 1.165) is 12.5 Å². The fourth-order valence-electron chi connectivity index (χ4n) is 2.77. The van der Waals surface area contributed by atoms with Crippen molar-refractivity contribution < 1.29 is 22.9 Å². The van der Waals surface area contributed by atoms with Crippen molar-refractivity contribution in [1.82, 2.24) is 9.78 Å². The molecule has 33 heavy (non-hydrogen) atoms. The molecule has 2 aromatic carbocycles. The third-order valence-corrected chi connectivity index (χ3v) is 5.85.